The van der Waals surface area contributed by atoms with E-state index in [9.17, 15) is 81.1 Å². The fourth-order valence-electron chi connectivity index (χ4n) is 6.81. The number of carboxylic acid groups (broad SMARTS) is 1. The number of aromatic hydroxyl groups is 1. The number of nitrogens with one attached hydrogen (secondary N) is 1. The number of rotatable bonds is 11. The van der Waals surface area contributed by atoms with E-state index in [4.69, 9.17) is 28.8 Å². The predicted octanol–water partition coefficient (Wildman–Crippen LogP) is -7.27. The SMILES string of the molecule is CC(=O)c1cccc(C(=O)O)c1O.C[C@H]1O[C@H](O[C@H]2[C@H](O)[C@@H](O)[C@@H](O[C@H]3[C@H](O)[C@@H](O)[C@H](O)O[C@@H]3CO)O[C@@H]2CO)[C@H](O)[C@@H](O)[C@@H]1N[C@H]1C=C(CO)[C@@H](O)[C@H](O)[C@H]1O. The first-order valence-electron chi connectivity index (χ1n) is 17.7. The molecule has 3 saturated heterocycles. The van der Waals surface area contributed by atoms with Crippen molar-refractivity contribution in [2.75, 3.05) is 19.8 Å². The van der Waals surface area contributed by atoms with Crippen LogP contribution in [0.3, 0.4) is 0 Å². The number of ketones is 1. The van der Waals surface area contributed by atoms with Gasteiger partial charge in [-0.15, -0.1) is 0 Å². The van der Waals surface area contributed by atoms with E-state index >= 15 is 0 Å². The summed E-state index contributed by atoms with van der Waals surface area (Å²) in [6.07, 6.45) is -26.6. The molecule has 4 aliphatic rings. The number of aromatic carboxylic acids is 1. The number of Topliss-reactive ketones (excluding diaryl/α,β-unsaturated/α-hetero) is 1. The Kier molecular flexibility index (Phi) is 16.4. The highest BCUT2D eigenvalue weighted by Gasteiger charge is 2.53. The topological polar surface area (TPSA) is 396 Å². The van der Waals surface area contributed by atoms with Crippen LogP contribution < -0.4 is 5.32 Å². The van der Waals surface area contributed by atoms with Crippen molar-refractivity contribution in [1.29, 1.82) is 0 Å². The normalized spacial score (nSPS) is 42.4. The highest BCUT2D eigenvalue weighted by molar-refractivity contribution is 6.01. The second-order valence-corrected chi connectivity index (χ2v) is 13.9. The Labute approximate surface area is 323 Å². The van der Waals surface area contributed by atoms with Crippen molar-refractivity contribution < 1.29 is 110 Å². The number of para-hydroxylation sites is 1. The van der Waals surface area contributed by atoms with E-state index in [0.29, 0.717) is 0 Å². The number of aliphatic hydroxyl groups excluding tert-OH is 13. The van der Waals surface area contributed by atoms with Crippen LogP contribution in [0.25, 0.3) is 0 Å². The molecule has 1 aromatic rings. The molecule has 0 radical (unpaired) electrons. The molecule has 0 unspecified atom stereocenters. The third-order valence-corrected chi connectivity index (χ3v) is 10.1. The highest BCUT2D eigenvalue weighted by atomic mass is 16.7. The van der Waals surface area contributed by atoms with Crippen LogP contribution in [0.4, 0.5) is 0 Å². The van der Waals surface area contributed by atoms with E-state index in [1.54, 1.807) is 0 Å². The number of ether oxygens (including phenoxy) is 5. The van der Waals surface area contributed by atoms with Gasteiger partial charge in [0.1, 0.15) is 90.7 Å². The van der Waals surface area contributed by atoms with Crippen LogP contribution in [0.15, 0.2) is 29.8 Å². The summed E-state index contributed by atoms with van der Waals surface area (Å²) in [7, 11) is 0. The second kappa shape index (κ2) is 19.9. The zero-order valence-corrected chi connectivity index (χ0v) is 30.5. The molecule has 23 nitrogen and oxygen atoms in total. The molecule has 324 valence electrons. The Balaban J connectivity index is 0.000000469. The number of hydrogen-bond acceptors (Lipinski definition) is 22. The van der Waals surface area contributed by atoms with E-state index in [1.807, 2.05) is 0 Å². The van der Waals surface area contributed by atoms with Gasteiger partial charge >= 0.3 is 5.97 Å². The quantitative estimate of drug-likeness (QED) is 0.0728. The van der Waals surface area contributed by atoms with E-state index < -0.39 is 148 Å². The van der Waals surface area contributed by atoms with Gasteiger partial charge in [-0.1, -0.05) is 12.1 Å². The molecule has 1 aromatic carbocycles. The number of phenols is 1. The largest absolute Gasteiger partial charge is 0.506 e. The highest BCUT2D eigenvalue weighted by Crippen LogP contribution is 2.33. The predicted molar refractivity (Wildman–Crippen MR) is 183 cm³/mol. The fraction of sp³-hybridized carbons (Fsp3) is 0.706. The molecule has 1 aliphatic carbocycles. The van der Waals surface area contributed by atoms with Crippen LogP contribution in [-0.4, -0.2) is 225 Å². The first-order chi connectivity index (χ1) is 26.8. The lowest BCUT2D eigenvalue weighted by molar-refractivity contribution is -0.373. The van der Waals surface area contributed by atoms with Crippen molar-refractivity contribution in [3.8, 4) is 5.75 Å². The summed E-state index contributed by atoms with van der Waals surface area (Å²) in [5.74, 6) is -2.08. The molecule has 0 spiro atoms. The van der Waals surface area contributed by atoms with Gasteiger partial charge in [-0.05, 0) is 31.6 Å². The second-order valence-electron chi connectivity index (χ2n) is 13.9. The molecule has 16 N–H and O–H groups in total. The maximum absolute atomic E-state index is 10.9. The molecule has 0 saturated carbocycles. The van der Waals surface area contributed by atoms with Crippen molar-refractivity contribution in [3.63, 3.8) is 0 Å². The minimum Gasteiger partial charge on any atom is -0.506 e. The van der Waals surface area contributed by atoms with Crippen LogP contribution in [0.1, 0.15) is 34.6 Å². The third kappa shape index (κ3) is 10.1. The summed E-state index contributed by atoms with van der Waals surface area (Å²) in [4.78, 5) is 21.4. The van der Waals surface area contributed by atoms with E-state index in [-0.39, 0.29) is 22.5 Å². The van der Waals surface area contributed by atoms with Gasteiger partial charge in [-0.2, -0.15) is 0 Å². The standard InChI is InChI=1S/C25H43NO18.C9H8O4/c1-6-11(26-8-2-7(3-27)12(30)15(33)13(8)31)14(32)19(37)24(40-6)43-22-10(5-29)42-25(20(38)17(22)35)44-21-9(4-28)41-23(39)18(36)16(21)34;1-5(10)6-3-2-4-7(8(6)11)9(12)13/h2,6,8-39H,3-5H2,1H3;2-4,11H,1H3,(H,12,13)/t6-,8+,9-,10-,11-,12-,13+,14+,15+,16-,17-,18-,19-,20-,21-,22-,23-,24-,25-;/m1./s1. The molecule has 5 rings (SSSR count). The smallest absolute Gasteiger partial charge is 0.339 e. The van der Waals surface area contributed by atoms with Crippen LogP contribution in [0.5, 0.6) is 5.75 Å². The number of carboxylic acids is 1. The fourth-order valence-corrected chi connectivity index (χ4v) is 6.81. The van der Waals surface area contributed by atoms with Gasteiger partial charge < -0.3 is 106 Å². The summed E-state index contributed by atoms with van der Waals surface area (Å²) in [6.45, 7) is 0.512. The van der Waals surface area contributed by atoms with E-state index in [1.165, 1.54) is 38.1 Å². The maximum Gasteiger partial charge on any atom is 0.339 e. The molecule has 3 fully saturated rings. The Morgan fingerprint density at radius 3 is 1.77 bits per heavy atom. The molecule has 3 aliphatic heterocycles. The average molecular weight is 826 g/mol. The number of carbonyl (C=O) groups excluding carboxylic acids is 1. The van der Waals surface area contributed by atoms with Gasteiger partial charge in [-0.3, -0.25) is 4.79 Å². The van der Waals surface area contributed by atoms with Gasteiger partial charge in [-0.25, -0.2) is 4.79 Å². The number of aliphatic hydroxyl groups is 13. The molecular weight excluding hydrogens is 774 g/mol. The Morgan fingerprint density at radius 1 is 0.702 bits per heavy atom. The zero-order chi connectivity index (χ0) is 42.6. The van der Waals surface area contributed by atoms with E-state index in [0.717, 1.165) is 0 Å². The Bertz CT molecular complexity index is 1500. The van der Waals surface area contributed by atoms with Gasteiger partial charge in [0.25, 0.3) is 0 Å². The van der Waals surface area contributed by atoms with Gasteiger partial charge in [0.05, 0.1) is 43.6 Å². The van der Waals surface area contributed by atoms with E-state index in [2.05, 4.69) is 5.32 Å². The molecular formula is C34H51NO22. The van der Waals surface area contributed by atoms with Gasteiger partial charge in [0.15, 0.2) is 24.7 Å². The molecule has 0 amide bonds. The average Bonchev–Trinajstić information content (AvgIpc) is 3.17. The van der Waals surface area contributed by atoms with Crippen molar-refractivity contribution in [2.24, 2.45) is 0 Å². The van der Waals surface area contributed by atoms with Crippen LogP contribution in [-0.2, 0) is 23.7 Å². The lowest BCUT2D eigenvalue weighted by Gasteiger charge is -2.48. The molecule has 3 heterocycles. The minimum absolute atomic E-state index is 0.0225. The lowest BCUT2D eigenvalue weighted by Crippen LogP contribution is -2.68. The summed E-state index contributed by atoms with van der Waals surface area (Å²) in [5.41, 5.74) is -0.207. The Morgan fingerprint density at radius 2 is 1.23 bits per heavy atom. The van der Waals surface area contributed by atoms with Crippen molar-refractivity contribution in [3.05, 3.63) is 41.0 Å². The summed E-state index contributed by atoms with van der Waals surface area (Å²) < 4.78 is 27.4. The number of hydrogen-bond donors (Lipinski definition) is 16. The number of carbonyl (C=O) groups is 2. The first kappa shape index (κ1) is 46.8. The Hall–Kier alpha value is -2.86. The van der Waals surface area contributed by atoms with Crippen LogP contribution in [0, 0.1) is 0 Å². The molecule has 0 aromatic heterocycles. The first-order valence-corrected chi connectivity index (χ1v) is 17.7. The molecule has 23 heteroatoms. The summed E-state index contributed by atoms with van der Waals surface area (Å²) >= 11 is 0. The maximum atomic E-state index is 10.9. The summed E-state index contributed by atoms with van der Waals surface area (Å²) in [5, 5.41) is 154. The van der Waals surface area contributed by atoms with Crippen LogP contribution >= 0.6 is 0 Å². The monoisotopic (exact) mass is 825 g/mol. The minimum atomic E-state index is -1.93. The number of benzene rings is 1. The zero-order valence-electron chi connectivity index (χ0n) is 30.5. The molecule has 0 bridgehead atoms. The van der Waals surface area contributed by atoms with Gasteiger partial charge in [0, 0.05) is 0 Å². The van der Waals surface area contributed by atoms with Crippen molar-refractivity contribution in [2.45, 2.75) is 130 Å². The molecule has 57 heavy (non-hydrogen) atoms. The van der Waals surface area contributed by atoms with Crippen LogP contribution in [0.2, 0.25) is 0 Å². The lowest BCUT2D eigenvalue weighted by atomic mass is 9.86. The molecule has 19 atom stereocenters. The third-order valence-electron chi connectivity index (χ3n) is 10.1. The van der Waals surface area contributed by atoms with Crippen molar-refractivity contribution >= 4 is 11.8 Å². The van der Waals surface area contributed by atoms with Crippen molar-refractivity contribution in [1.82, 2.24) is 5.32 Å². The van der Waals surface area contributed by atoms with Gasteiger partial charge in [0.2, 0.25) is 0 Å². The summed E-state index contributed by atoms with van der Waals surface area (Å²) in [6, 6.07) is 1.87.